The van der Waals surface area contributed by atoms with Gasteiger partial charge in [0.15, 0.2) is 16.6 Å². The quantitative estimate of drug-likeness (QED) is 0.475. The van der Waals surface area contributed by atoms with Gasteiger partial charge in [0.2, 0.25) is 5.91 Å². The number of nitrogens with one attached hydrogen (secondary N) is 1. The zero-order valence-electron chi connectivity index (χ0n) is 18.4. The molecule has 1 unspecified atom stereocenters. The predicted molar refractivity (Wildman–Crippen MR) is 119 cm³/mol. The van der Waals surface area contributed by atoms with Crippen LogP contribution < -0.4 is 5.32 Å². The molecule has 0 saturated carbocycles. The molecule has 0 radical (unpaired) electrons. The molecule has 4 nitrogen and oxygen atoms in total. The van der Waals surface area contributed by atoms with Crippen molar-refractivity contribution < 1.29 is 13.6 Å². The maximum absolute atomic E-state index is 12.6. The SMILES string of the molecule is CC[Si](C)(C)OCCC(C)(CC(=O)NCc1ccccc1)O[Si](C)(C)CC. The van der Waals surface area contributed by atoms with Gasteiger partial charge in [-0.05, 0) is 57.2 Å². The summed E-state index contributed by atoms with van der Waals surface area (Å²) in [7, 11) is -3.38. The summed E-state index contributed by atoms with van der Waals surface area (Å²) in [6, 6.07) is 12.1. The normalized spacial score (nSPS) is 14.6. The van der Waals surface area contributed by atoms with E-state index in [0.29, 0.717) is 19.6 Å². The van der Waals surface area contributed by atoms with Crippen molar-refractivity contribution in [2.45, 2.75) is 84.0 Å². The zero-order chi connectivity index (χ0) is 20.6. The van der Waals surface area contributed by atoms with Gasteiger partial charge < -0.3 is 14.2 Å². The topological polar surface area (TPSA) is 47.6 Å². The minimum atomic E-state index is -1.79. The molecule has 0 aliphatic heterocycles. The van der Waals surface area contributed by atoms with Crippen LogP contribution in [0.5, 0.6) is 0 Å². The molecule has 0 fully saturated rings. The molecule has 6 heteroatoms. The third-order valence-electron chi connectivity index (χ3n) is 5.22. The third-order valence-corrected chi connectivity index (χ3v) is 10.7. The van der Waals surface area contributed by atoms with Crippen LogP contribution >= 0.6 is 0 Å². The summed E-state index contributed by atoms with van der Waals surface area (Å²) in [5, 5.41) is 3.04. The van der Waals surface area contributed by atoms with Gasteiger partial charge in [-0.15, -0.1) is 0 Å². The van der Waals surface area contributed by atoms with Crippen LogP contribution in [0.4, 0.5) is 0 Å². The number of hydrogen-bond acceptors (Lipinski definition) is 3. The second-order valence-corrected chi connectivity index (χ2v) is 17.8. The van der Waals surface area contributed by atoms with Gasteiger partial charge in [0.25, 0.3) is 0 Å². The maximum atomic E-state index is 12.6. The highest BCUT2D eigenvalue weighted by molar-refractivity contribution is 6.71. The molecule has 0 saturated heterocycles. The van der Waals surface area contributed by atoms with Crippen molar-refractivity contribution in [3.63, 3.8) is 0 Å². The van der Waals surface area contributed by atoms with Crippen molar-refractivity contribution in [1.82, 2.24) is 5.32 Å². The highest BCUT2D eigenvalue weighted by Crippen LogP contribution is 2.28. The summed E-state index contributed by atoms with van der Waals surface area (Å²) < 4.78 is 12.7. The molecular weight excluding hydrogens is 370 g/mol. The van der Waals surface area contributed by atoms with Crippen LogP contribution in [0.1, 0.15) is 39.2 Å². The Balaban J connectivity index is 2.70. The van der Waals surface area contributed by atoms with Crippen LogP contribution in [-0.2, 0) is 20.2 Å². The molecule has 27 heavy (non-hydrogen) atoms. The number of benzene rings is 1. The Hall–Kier alpha value is -0.956. The molecule has 154 valence electrons. The Bertz CT molecular complexity index is 578. The second kappa shape index (κ2) is 10.6. The molecular formula is C21H39NO3Si2. The summed E-state index contributed by atoms with van der Waals surface area (Å²) in [6.45, 7) is 16.6. The van der Waals surface area contributed by atoms with Crippen LogP contribution in [0, 0.1) is 0 Å². The van der Waals surface area contributed by atoms with Crippen LogP contribution in [-0.4, -0.2) is 34.7 Å². The summed E-state index contributed by atoms with van der Waals surface area (Å²) >= 11 is 0. The highest BCUT2D eigenvalue weighted by atomic mass is 28.4. The first-order chi connectivity index (χ1) is 12.5. The number of amides is 1. The summed E-state index contributed by atoms with van der Waals surface area (Å²) in [5.74, 6) is 0.0363. The maximum Gasteiger partial charge on any atom is 0.223 e. The Kier molecular flexibility index (Phi) is 9.41. The van der Waals surface area contributed by atoms with E-state index in [4.69, 9.17) is 8.85 Å². The van der Waals surface area contributed by atoms with Crippen molar-refractivity contribution in [1.29, 1.82) is 0 Å². The lowest BCUT2D eigenvalue weighted by atomic mass is 9.98. The van der Waals surface area contributed by atoms with E-state index in [-0.39, 0.29) is 5.91 Å². The molecule has 0 spiro atoms. The Labute approximate surface area is 168 Å². The van der Waals surface area contributed by atoms with Gasteiger partial charge in [0.05, 0.1) is 12.0 Å². The van der Waals surface area contributed by atoms with E-state index in [2.05, 4.69) is 52.3 Å². The molecule has 1 aromatic rings. The minimum Gasteiger partial charge on any atom is -0.417 e. The van der Waals surface area contributed by atoms with E-state index in [9.17, 15) is 4.79 Å². The van der Waals surface area contributed by atoms with E-state index in [1.165, 1.54) is 0 Å². The molecule has 1 rings (SSSR count). The third kappa shape index (κ3) is 9.69. The fourth-order valence-electron chi connectivity index (χ4n) is 2.76. The first-order valence-electron chi connectivity index (χ1n) is 10.2. The summed E-state index contributed by atoms with van der Waals surface area (Å²) in [4.78, 5) is 12.6. The molecule has 0 heterocycles. The molecule has 1 atom stereocenters. The second-order valence-electron chi connectivity index (χ2n) is 8.82. The van der Waals surface area contributed by atoms with Crippen LogP contribution in [0.3, 0.4) is 0 Å². The average molecular weight is 410 g/mol. The zero-order valence-corrected chi connectivity index (χ0v) is 20.4. The van der Waals surface area contributed by atoms with Crippen LogP contribution in [0.15, 0.2) is 30.3 Å². The fourth-order valence-corrected chi connectivity index (χ4v) is 5.27. The van der Waals surface area contributed by atoms with Crippen LogP contribution in [0.25, 0.3) is 0 Å². The lowest BCUT2D eigenvalue weighted by Crippen LogP contribution is -2.46. The van der Waals surface area contributed by atoms with E-state index < -0.39 is 22.2 Å². The molecule has 1 N–H and O–H groups in total. The molecule has 1 aromatic carbocycles. The summed E-state index contributed by atoms with van der Waals surface area (Å²) in [5.41, 5.74) is 0.626. The molecule has 0 aliphatic carbocycles. The number of carbonyl (C=O) groups excluding carboxylic acids is 1. The minimum absolute atomic E-state index is 0.0363. The van der Waals surface area contributed by atoms with Gasteiger partial charge >= 0.3 is 0 Å². The standard InChI is InChI=1S/C21H39NO3Si2/c1-8-26(4,5)24-16-15-21(3,25-27(6,7)9-2)17-20(23)22-18-19-13-11-10-12-14-19/h10-14H,8-9,15-18H2,1-7H3,(H,22,23). The lowest BCUT2D eigenvalue weighted by Gasteiger charge is -2.38. The highest BCUT2D eigenvalue weighted by Gasteiger charge is 2.35. The first-order valence-corrected chi connectivity index (χ1v) is 16.4. The van der Waals surface area contributed by atoms with E-state index in [1.807, 2.05) is 30.3 Å². The average Bonchev–Trinajstić information content (AvgIpc) is 2.60. The van der Waals surface area contributed by atoms with Crippen molar-refractivity contribution in [2.24, 2.45) is 0 Å². The first kappa shape index (κ1) is 24.1. The van der Waals surface area contributed by atoms with Crippen molar-refractivity contribution >= 4 is 22.5 Å². The predicted octanol–water partition coefficient (Wildman–Crippen LogP) is 5.32. The van der Waals surface area contributed by atoms with E-state index >= 15 is 0 Å². The largest absolute Gasteiger partial charge is 0.417 e. The van der Waals surface area contributed by atoms with Gasteiger partial charge in [0, 0.05) is 13.2 Å². The van der Waals surface area contributed by atoms with Gasteiger partial charge in [-0.2, -0.15) is 0 Å². The number of carbonyl (C=O) groups is 1. The monoisotopic (exact) mass is 409 g/mol. The lowest BCUT2D eigenvalue weighted by molar-refractivity contribution is -0.125. The van der Waals surface area contributed by atoms with Crippen molar-refractivity contribution in [3.05, 3.63) is 35.9 Å². The fraction of sp³-hybridized carbons (Fsp3) is 0.667. The van der Waals surface area contributed by atoms with Crippen molar-refractivity contribution in [3.8, 4) is 0 Å². The smallest absolute Gasteiger partial charge is 0.223 e. The van der Waals surface area contributed by atoms with Gasteiger partial charge in [-0.25, -0.2) is 0 Å². The van der Waals surface area contributed by atoms with Gasteiger partial charge in [0.1, 0.15) is 0 Å². The molecule has 0 bridgehead atoms. The number of rotatable bonds is 12. The van der Waals surface area contributed by atoms with Crippen molar-refractivity contribution in [2.75, 3.05) is 6.61 Å². The Morgan fingerprint density at radius 3 is 2.19 bits per heavy atom. The Morgan fingerprint density at radius 1 is 1.04 bits per heavy atom. The van der Waals surface area contributed by atoms with Crippen LogP contribution in [0.2, 0.25) is 38.3 Å². The van der Waals surface area contributed by atoms with Gasteiger partial charge in [-0.3, -0.25) is 4.79 Å². The van der Waals surface area contributed by atoms with Gasteiger partial charge in [-0.1, -0.05) is 44.2 Å². The van der Waals surface area contributed by atoms with E-state index in [1.54, 1.807) is 0 Å². The molecule has 0 aromatic heterocycles. The Morgan fingerprint density at radius 2 is 1.63 bits per heavy atom. The molecule has 0 aliphatic rings. The number of hydrogen-bond donors (Lipinski definition) is 1. The molecule has 1 amide bonds. The van der Waals surface area contributed by atoms with E-state index in [0.717, 1.165) is 24.1 Å². The summed E-state index contributed by atoms with van der Waals surface area (Å²) in [6.07, 6.45) is 1.12.